The van der Waals surface area contributed by atoms with Gasteiger partial charge in [-0.05, 0) is 55.2 Å². The molecule has 0 aromatic heterocycles. The highest BCUT2D eigenvalue weighted by atomic mass is 127. The fourth-order valence-electron chi connectivity index (χ4n) is 2.96. The SMILES string of the molecule is CCOCCCNC(=NCc1ccc(OC)cc1)NCCc1ccc(OC)c(OC)c1.I. The molecule has 2 N–H and O–H groups in total. The maximum atomic E-state index is 5.41. The predicted octanol–water partition coefficient (Wildman–Crippen LogP) is 4.03. The third-order valence-corrected chi connectivity index (χ3v) is 4.69. The standard InChI is InChI=1S/C24H35N3O4.HI/c1-5-31-16-6-14-25-24(27-18-20-7-10-21(28-2)11-8-20)26-15-13-19-9-12-22(29-3)23(17-19)30-4;/h7-12,17H,5-6,13-16,18H2,1-4H3,(H2,25,26,27);1H. The number of ether oxygens (including phenoxy) is 4. The van der Waals surface area contributed by atoms with Gasteiger partial charge in [0.1, 0.15) is 5.75 Å². The second kappa shape index (κ2) is 16.4. The first kappa shape index (κ1) is 27.8. The van der Waals surface area contributed by atoms with Crippen LogP contribution in [0, 0.1) is 0 Å². The van der Waals surface area contributed by atoms with Crippen LogP contribution >= 0.6 is 24.0 Å². The van der Waals surface area contributed by atoms with Crippen molar-refractivity contribution >= 4 is 29.9 Å². The number of nitrogens with one attached hydrogen (secondary N) is 2. The number of halogens is 1. The summed E-state index contributed by atoms with van der Waals surface area (Å²) < 4.78 is 21.3. The molecule has 7 nitrogen and oxygen atoms in total. The Balaban J connectivity index is 0.00000512. The Labute approximate surface area is 208 Å². The minimum atomic E-state index is 0. The molecule has 0 fully saturated rings. The molecule has 0 spiro atoms. The van der Waals surface area contributed by atoms with Gasteiger partial charge in [0.25, 0.3) is 0 Å². The molecular weight excluding hydrogens is 521 g/mol. The van der Waals surface area contributed by atoms with Crippen LogP contribution in [0.3, 0.4) is 0 Å². The van der Waals surface area contributed by atoms with Gasteiger partial charge in [-0.25, -0.2) is 4.99 Å². The quantitative estimate of drug-likeness (QED) is 0.168. The monoisotopic (exact) mass is 557 g/mol. The Morgan fingerprint density at radius 2 is 1.53 bits per heavy atom. The van der Waals surface area contributed by atoms with E-state index >= 15 is 0 Å². The van der Waals surface area contributed by atoms with Crippen molar-refractivity contribution in [3.8, 4) is 17.2 Å². The number of hydrogen-bond acceptors (Lipinski definition) is 5. The fourth-order valence-corrected chi connectivity index (χ4v) is 2.96. The average molecular weight is 557 g/mol. The molecule has 2 aromatic carbocycles. The lowest BCUT2D eigenvalue weighted by Crippen LogP contribution is -2.39. The van der Waals surface area contributed by atoms with E-state index in [1.807, 2.05) is 49.4 Å². The number of benzene rings is 2. The summed E-state index contributed by atoms with van der Waals surface area (Å²) in [6.45, 7) is 5.61. The predicted molar refractivity (Wildman–Crippen MR) is 140 cm³/mol. The Bertz CT molecular complexity index is 800. The number of rotatable bonds is 13. The van der Waals surface area contributed by atoms with Crippen LogP contribution in [-0.2, 0) is 17.7 Å². The van der Waals surface area contributed by atoms with Crippen molar-refractivity contribution in [3.05, 3.63) is 53.6 Å². The van der Waals surface area contributed by atoms with E-state index in [0.29, 0.717) is 6.54 Å². The summed E-state index contributed by atoms with van der Waals surface area (Å²) in [4.78, 5) is 4.73. The summed E-state index contributed by atoms with van der Waals surface area (Å²) in [5.41, 5.74) is 2.28. The molecule has 178 valence electrons. The number of hydrogen-bond donors (Lipinski definition) is 2. The highest BCUT2D eigenvalue weighted by molar-refractivity contribution is 14.0. The van der Waals surface area contributed by atoms with Gasteiger partial charge in [-0.1, -0.05) is 18.2 Å². The topological polar surface area (TPSA) is 73.3 Å². The van der Waals surface area contributed by atoms with Crippen molar-refractivity contribution in [3.63, 3.8) is 0 Å². The molecule has 8 heteroatoms. The van der Waals surface area contributed by atoms with Gasteiger partial charge in [-0.3, -0.25) is 0 Å². The van der Waals surface area contributed by atoms with E-state index in [2.05, 4.69) is 10.6 Å². The summed E-state index contributed by atoms with van der Waals surface area (Å²) in [6.07, 6.45) is 1.76. The van der Waals surface area contributed by atoms with Crippen molar-refractivity contribution in [2.45, 2.75) is 26.3 Å². The number of nitrogens with zero attached hydrogens (tertiary/aromatic N) is 1. The average Bonchev–Trinajstić information content (AvgIpc) is 2.82. The van der Waals surface area contributed by atoms with Gasteiger partial charge in [0.2, 0.25) is 0 Å². The zero-order valence-electron chi connectivity index (χ0n) is 19.5. The lowest BCUT2D eigenvalue weighted by atomic mass is 10.1. The van der Waals surface area contributed by atoms with E-state index in [0.717, 1.165) is 73.5 Å². The zero-order chi connectivity index (χ0) is 22.3. The second-order valence-electron chi connectivity index (χ2n) is 6.86. The maximum absolute atomic E-state index is 5.41. The molecule has 32 heavy (non-hydrogen) atoms. The van der Waals surface area contributed by atoms with Gasteiger partial charge in [0, 0.05) is 26.3 Å². The summed E-state index contributed by atoms with van der Waals surface area (Å²) in [5, 5.41) is 6.81. The maximum Gasteiger partial charge on any atom is 0.191 e. The minimum Gasteiger partial charge on any atom is -0.497 e. The second-order valence-corrected chi connectivity index (χ2v) is 6.86. The third-order valence-electron chi connectivity index (χ3n) is 4.69. The van der Waals surface area contributed by atoms with Crippen LogP contribution in [0.5, 0.6) is 17.2 Å². The molecule has 0 aliphatic carbocycles. The first-order chi connectivity index (χ1) is 15.2. The minimum absolute atomic E-state index is 0. The molecule has 0 radical (unpaired) electrons. The van der Waals surface area contributed by atoms with Crippen LogP contribution in [0.25, 0.3) is 0 Å². The van der Waals surface area contributed by atoms with E-state index in [1.54, 1.807) is 21.3 Å². The summed E-state index contributed by atoms with van der Waals surface area (Å²) in [6, 6.07) is 13.9. The molecular formula is C24H36IN3O4. The highest BCUT2D eigenvalue weighted by Gasteiger charge is 2.05. The largest absolute Gasteiger partial charge is 0.497 e. The lowest BCUT2D eigenvalue weighted by molar-refractivity contribution is 0.145. The first-order valence-corrected chi connectivity index (χ1v) is 10.6. The molecule has 0 heterocycles. The molecule has 0 saturated carbocycles. The Kier molecular flexibility index (Phi) is 14.3. The molecule has 2 aromatic rings. The number of methoxy groups -OCH3 is 3. The van der Waals surface area contributed by atoms with Crippen molar-refractivity contribution in [1.29, 1.82) is 0 Å². The van der Waals surface area contributed by atoms with Crippen LogP contribution in [0.4, 0.5) is 0 Å². The van der Waals surface area contributed by atoms with E-state index < -0.39 is 0 Å². The molecule has 0 bridgehead atoms. The molecule has 0 atom stereocenters. The number of aliphatic imine (C=N–C) groups is 1. The fraction of sp³-hybridized carbons (Fsp3) is 0.458. The zero-order valence-corrected chi connectivity index (χ0v) is 21.8. The van der Waals surface area contributed by atoms with E-state index in [4.69, 9.17) is 23.9 Å². The summed E-state index contributed by atoms with van der Waals surface area (Å²) >= 11 is 0. The Morgan fingerprint density at radius 3 is 2.19 bits per heavy atom. The van der Waals surface area contributed by atoms with E-state index in [1.165, 1.54) is 0 Å². The highest BCUT2D eigenvalue weighted by Crippen LogP contribution is 2.27. The first-order valence-electron chi connectivity index (χ1n) is 10.6. The molecule has 0 saturated heterocycles. The van der Waals surface area contributed by atoms with Gasteiger partial charge in [0.15, 0.2) is 17.5 Å². The smallest absolute Gasteiger partial charge is 0.191 e. The van der Waals surface area contributed by atoms with Crippen LogP contribution < -0.4 is 24.8 Å². The normalized spacial score (nSPS) is 10.8. The van der Waals surface area contributed by atoms with Crippen molar-refractivity contribution in [2.75, 3.05) is 47.6 Å². The molecule has 2 rings (SSSR count). The van der Waals surface area contributed by atoms with E-state index in [-0.39, 0.29) is 24.0 Å². The molecule has 0 amide bonds. The Hall–Kier alpha value is -2.20. The van der Waals surface area contributed by atoms with Crippen LogP contribution in [-0.4, -0.2) is 53.6 Å². The van der Waals surface area contributed by atoms with Crippen LogP contribution in [0.15, 0.2) is 47.5 Å². The molecule has 0 aliphatic rings. The number of guanidine groups is 1. The summed E-state index contributed by atoms with van der Waals surface area (Å²) in [7, 11) is 4.96. The molecule has 0 aliphatic heterocycles. The van der Waals surface area contributed by atoms with Crippen molar-refractivity contribution in [1.82, 2.24) is 10.6 Å². The molecule has 0 unspecified atom stereocenters. The van der Waals surface area contributed by atoms with Crippen molar-refractivity contribution < 1.29 is 18.9 Å². The van der Waals surface area contributed by atoms with Crippen LogP contribution in [0.2, 0.25) is 0 Å². The third kappa shape index (κ3) is 9.95. The van der Waals surface area contributed by atoms with Crippen LogP contribution in [0.1, 0.15) is 24.5 Å². The van der Waals surface area contributed by atoms with Gasteiger partial charge < -0.3 is 29.6 Å². The van der Waals surface area contributed by atoms with Gasteiger partial charge in [-0.15, -0.1) is 24.0 Å². The van der Waals surface area contributed by atoms with E-state index in [9.17, 15) is 0 Å². The van der Waals surface area contributed by atoms with Gasteiger partial charge in [0.05, 0.1) is 27.9 Å². The van der Waals surface area contributed by atoms with Crippen molar-refractivity contribution in [2.24, 2.45) is 4.99 Å². The van der Waals surface area contributed by atoms with Gasteiger partial charge >= 0.3 is 0 Å². The lowest BCUT2D eigenvalue weighted by Gasteiger charge is -2.14. The Morgan fingerprint density at radius 1 is 0.844 bits per heavy atom. The summed E-state index contributed by atoms with van der Waals surface area (Å²) in [5.74, 6) is 3.10. The van der Waals surface area contributed by atoms with Gasteiger partial charge in [-0.2, -0.15) is 0 Å².